The Balaban J connectivity index is 0.000001000. The normalized spacial score (nSPS) is 13.7. The van der Waals surface area contributed by atoms with Crippen LogP contribution in [0.15, 0.2) is 36.5 Å². The van der Waals surface area contributed by atoms with Gasteiger partial charge in [-0.25, -0.2) is 0 Å². The summed E-state index contributed by atoms with van der Waals surface area (Å²) in [5.41, 5.74) is 1.43. The quantitative estimate of drug-likeness (QED) is 0.476. The summed E-state index contributed by atoms with van der Waals surface area (Å²) in [6, 6.07) is 0. The standard InChI is InChI=1S/C10H13.Ni/c1-3-9(4-2)10-7-5-6-8-10;/h3,5-7H,1,4,8H2,2H3;/q-1;. The van der Waals surface area contributed by atoms with Gasteiger partial charge in [-0.15, -0.1) is 11.6 Å². The Morgan fingerprint density at radius 2 is 2.45 bits per heavy atom. The van der Waals surface area contributed by atoms with E-state index in [2.05, 4.69) is 31.7 Å². The second-order valence-corrected chi connectivity index (χ2v) is 2.41. The van der Waals surface area contributed by atoms with E-state index in [-0.39, 0.29) is 16.5 Å². The summed E-state index contributed by atoms with van der Waals surface area (Å²) in [6.45, 7) is 5.93. The van der Waals surface area contributed by atoms with E-state index >= 15 is 0 Å². The number of hydrogen-bond acceptors (Lipinski definition) is 0. The molecule has 0 N–H and O–H groups in total. The van der Waals surface area contributed by atoms with Gasteiger partial charge in [0.25, 0.3) is 0 Å². The van der Waals surface area contributed by atoms with Crippen LogP contribution in [0.25, 0.3) is 0 Å². The van der Waals surface area contributed by atoms with Crippen molar-refractivity contribution in [2.75, 3.05) is 0 Å². The van der Waals surface area contributed by atoms with E-state index in [1.807, 2.05) is 6.08 Å². The first-order chi connectivity index (χ1) is 4.88. The summed E-state index contributed by atoms with van der Waals surface area (Å²) in [6.07, 6.45) is 10.6. The van der Waals surface area contributed by atoms with Crippen LogP contribution in [0.1, 0.15) is 19.8 Å². The van der Waals surface area contributed by atoms with Crippen molar-refractivity contribution in [1.29, 1.82) is 0 Å². The van der Waals surface area contributed by atoms with Crippen molar-refractivity contribution in [3.8, 4) is 0 Å². The van der Waals surface area contributed by atoms with Crippen LogP contribution >= 0.6 is 0 Å². The molecule has 0 bridgehead atoms. The molecule has 1 heteroatoms. The van der Waals surface area contributed by atoms with Crippen molar-refractivity contribution in [2.45, 2.75) is 19.8 Å². The minimum atomic E-state index is 0. The molecule has 0 atom stereocenters. The molecule has 0 unspecified atom stereocenters. The molecule has 0 saturated carbocycles. The van der Waals surface area contributed by atoms with Crippen LogP contribution in [0.5, 0.6) is 0 Å². The minimum absolute atomic E-state index is 0. The second-order valence-electron chi connectivity index (χ2n) is 2.41. The molecular formula is C10H13Ni-. The average molecular weight is 192 g/mol. The van der Waals surface area contributed by atoms with Crippen molar-refractivity contribution in [1.82, 2.24) is 0 Å². The Labute approximate surface area is 79.0 Å². The molecule has 0 radical (unpaired) electrons. The minimum Gasteiger partial charge on any atom is -0.194 e. The fourth-order valence-electron chi connectivity index (χ4n) is 1.19. The topological polar surface area (TPSA) is 0 Å². The Hall–Kier alpha value is -0.416. The summed E-state index contributed by atoms with van der Waals surface area (Å²) in [7, 11) is 0. The zero-order valence-corrected chi connectivity index (χ0v) is 7.73. The predicted molar refractivity (Wildman–Crippen MR) is 45.6 cm³/mol. The first-order valence-electron chi connectivity index (χ1n) is 3.72. The number of hydrogen-bond donors (Lipinski definition) is 0. The van der Waals surface area contributed by atoms with Gasteiger partial charge in [0.05, 0.1) is 0 Å². The molecule has 0 aromatic heterocycles. The van der Waals surface area contributed by atoms with Crippen molar-refractivity contribution >= 4 is 0 Å². The molecular weight excluding hydrogens is 179 g/mol. The summed E-state index contributed by atoms with van der Waals surface area (Å²) in [5.74, 6) is 1.38. The summed E-state index contributed by atoms with van der Waals surface area (Å²) >= 11 is 0. The van der Waals surface area contributed by atoms with Gasteiger partial charge in [0.2, 0.25) is 0 Å². The molecule has 0 spiro atoms. The molecule has 0 nitrogen and oxygen atoms in total. The number of allylic oxidation sites excluding steroid dienone is 5. The van der Waals surface area contributed by atoms with Gasteiger partial charge in [-0.3, -0.25) is 0 Å². The van der Waals surface area contributed by atoms with Crippen LogP contribution in [0, 0.1) is 5.92 Å². The molecule has 1 aliphatic carbocycles. The first-order valence-corrected chi connectivity index (χ1v) is 3.72. The van der Waals surface area contributed by atoms with E-state index in [0.717, 1.165) is 12.8 Å². The van der Waals surface area contributed by atoms with E-state index in [0.29, 0.717) is 0 Å². The van der Waals surface area contributed by atoms with Crippen molar-refractivity contribution in [3.05, 3.63) is 42.4 Å². The maximum absolute atomic E-state index is 3.77. The molecule has 1 aliphatic rings. The van der Waals surface area contributed by atoms with Crippen LogP contribution in [-0.2, 0) is 16.5 Å². The number of rotatable bonds is 3. The largest absolute Gasteiger partial charge is 0.194 e. The SMILES string of the molecule is C=C[C-](CC)C1=CC=CC1.[Ni]. The van der Waals surface area contributed by atoms with Gasteiger partial charge in [-0.1, -0.05) is 19.4 Å². The molecule has 0 aromatic carbocycles. The summed E-state index contributed by atoms with van der Waals surface area (Å²) in [4.78, 5) is 0. The van der Waals surface area contributed by atoms with E-state index in [1.165, 1.54) is 11.5 Å². The van der Waals surface area contributed by atoms with Gasteiger partial charge in [0, 0.05) is 16.5 Å². The Morgan fingerprint density at radius 3 is 2.82 bits per heavy atom. The van der Waals surface area contributed by atoms with Crippen LogP contribution in [0.4, 0.5) is 0 Å². The van der Waals surface area contributed by atoms with E-state index < -0.39 is 0 Å². The Bertz CT molecular complexity index is 177. The fraction of sp³-hybridized carbons (Fsp3) is 0.300. The van der Waals surface area contributed by atoms with Crippen molar-refractivity contribution < 1.29 is 16.5 Å². The van der Waals surface area contributed by atoms with Gasteiger partial charge in [0.15, 0.2) is 0 Å². The molecule has 0 saturated heterocycles. The van der Waals surface area contributed by atoms with Crippen LogP contribution < -0.4 is 0 Å². The molecule has 0 heterocycles. The molecule has 0 aliphatic heterocycles. The van der Waals surface area contributed by atoms with Gasteiger partial charge < -0.3 is 0 Å². The van der Waals surface area contributed by atoms with Crippen LogP contribution in [-0.4, -0.2) is 0 Å². The van der Waals surface area contributed by atoms with Crippen molar-refractivity contribution in [3.63, 3.8) is 0 Å². The van der Waals surface area contributed by atoms with Crippen LogP contribution in [0.3, 0.4) is 0 Å². The van der Waals surface area contributed by atoms with E-state index in [4.69, 9.17) is 0 Å². The average Bonchev–Trinajstić information content (AvgIpc) is 2.43. The third-order valence-corrected chi connectivity index (χ3v) is 1.81. The van der Waals surface area contributed by atoms with Gasteiger partial charge in [0.1, 0.15) is 0 Å². The predicted octanol–water partition coefficient (Wildman–Crippen LogP) is 3.04. The first kappa shape index (κ1) is 10.6. The zero-order valence-electron chi connectivity index (χ0n) is 6.75. The fourth-order valence-corrected chi connectivity index (χ4v) is 1.19. The molecule has 1 rings (SSSR count). The van der Waals surface area contributed by atoms with Gasteiger partial charge in [-0.2, -0.15) is 24.6 Å². The molecule has 64 valence electrons. The monoisotopic (exact) mass is 191 g/mol. The van der Waals surface area contributed by atoms with Gasteiger partial charge >= 0.3 is 0 Å². The second kappa shape index (κ2) is 5.26. The van der Waals surface area contributed by atoms with E-state index in [9.17, 15) is 0 Å². The zero-order chi connectivity index (χ0) is 7.40. The maximum Gasteiger partial charge on any atom is 0 e. The molecule has 0 amide bonds. The third kappa shape index (κ3) is 2.59. The van der Waals surface area contributed by atoms with Crippen molar-refractivity contribution in [2.24, 2.45) is 0 Å². The van der Waals surface area contributed by atoms with E-state index in [1.54, 1.807) is 0 Å². The Kier molecular flexibility index (Phi) is 5.06. The molecule has 0 fully saturated rings. The molecule has 0 aromatic rings. The van der Waals surface area contributed by atoms with Gasteiger partial charge in [-0.05, 0) is 6.42 Å². The smallest absolute Gasteiger partial charge is 0 e. The van der Waals surface area contributed by atoms with Crippen LogP contribution in [0.2, 0.25) is 0 Å². The third-order valence-electron chi connectivity index (χ3n) is 1.81. The maximum atomic E-state index is 3.77. The Morgan fingerprint density at radius 1 is 1.73 bits per heavy atom. The summed E-state index contributed by atoms with van der Waals surface area (Å²) < 4.78 is 0. The summed E-state index contributed by atoms with van der Waals surface area (Å²) in [5, 5.41) is 0. The molecule has 11 heavy (non-hydrogen) atoms.